The molecule has 0 radical (unpaired) electrons. The van der Waals surface area contributed by atoms with Gasteiger partial charge >= 0.3 is 0 Å². The lowest BCUT2D eigenvalue weighted by Crippen LogP contribution is -2.25. The van der Waals surface area contributed by atoms with E-state index in [1.807, 2.05) is 19.1 Å². The summed E-state index contributed by atoms with van der Waals surface area (Å²) in [5.74, 6) is 0.349. The molecule has 3 heteroatoms. The predicted molar refractivity (Wildman–Crippen MR) is 71.8 cm³/mol. The number of nitrogens with one attached hydrogen (secondary N) is 1. The number of hydrogen-bond donors (Lipinski definition) is 2. The molecule has 0 aliphatic rings. The monoisotopic (exact) mass is 285 g/mol. The van der Waals surface area contributed by atoms with Crippen LogP contribution in [0.5, 0.6) is 5.75 Å². The minimum Gasteiger partial charge on any atom is -0.506 e. The largest absolute Gasteiger partial charge is 0.506 e. The van der Waals surface area contributed by atoms with Gasteiger partial charge in [0.25, 0.3) is 0 Å². The summed E-state index contributed by atoms with van der Waals surface area (Å²) < 4.78 is 0.771. The summed E-state index contributed by atoms with van der Waals surface area (Å²) in [7, 11) is 0. The van der Waals surface area contributed by atoms with Crippen molar-refractivity contribution < 1.29 is 5.11 Å². The van der Waals surface area contributed by atoms with Crippen molar-refractivity contribution in [2.75, 3.05) is 0 Å². The molecule has 0 bridgehead atoms. The van der Waals surface area contributed by atoms with Crippen LogP contribution < -0.4 is 5.32 Å². The molecule has 0 aromatic heterocycles. The van der Waals surface area contributed by atoms with Gasteiger partial charge in [0.2, 0.25) is 0 Å². The Morgan fingerprint density at radius 1 is 1.44 bits per heavy atom. The van der Waals surface area contributed by atoms with Crippen LogP contribution in [0.1, 0.15) is 37.8 Å². The van der Waals surface area contributed by atoms with Gasteiger partial charge in [-0.1, -0.05) is 19.4 Å². The quantitative estimate of drug-likeness (QED) is 0.864. The highest BCUT2D eigenvalue weighted by Gasteiger charge is 2.07. The Labute approximate surface area is 106 Å². The third kappa shape index (κ3) is 3.80. The molecule has 1 aromatic carbocycles. The van der Waals surface area contributed by atoms with Gasteiger partial charge in [0, 0.05) is 18.2 Å². The highest BCUT2D eigenvalue weighted by molar-refractivity contribution is 9.10. The summed E-state index contributed by atoms with van der Waals surface area (Å²) in [6.07, 6.45) is 2.34. The van der Waals surface area contributed by atoms with E-state index in [4.69, 9.17) is 0 Å². The smallest absolute Gasteiger partial charge is 0.134 e. The SMILES string of the molecule is CCCC(C)NCc1cc(C)cc(Br)c1O. The van der Waals surface area contributed by atoms with Crippen LogP contribution in [-0.2, 0) is 6.54 Å². The van der Waals surface area contributed by atoms with Crippen molar-refractivity contribution in [3.05, 3.63) is 27.7 Å². The number of phenols is 1. The molecule has 0 saturated carbocycles. The Hall–Kier alpha value is -0.540. The second kappa shape index (κ2) is 6.26. The molecule has 0 heterocycles. The van der Waals surface area contributed by atoms with Gasteiger partial charge in [0.05, 0.1) is 4.47 Å². The molecule has 90 valence electrons. The molecule has 0 aliphatic carbocycles. The molecule has 2 N–H and O–H groups in total. The van der Waals surface area contributed by atoms with Crippen LogP contribution in [0.2, 0.25) is 0 Å². The van der Waals surface area contributed by atoms with Gasteiger partial charge in [0.15, 0.2) is 0 Å². The van der Waals surface area contributed by atoms with Crippen LogP contribution in [0, 0.1) is 6.92 Å². The lowest BCUT2D eigenvalue weighted by molar-refractivity contribution is 0.451. The van der Waals surface area contributed by atoms with Crippen LogP contribution in [0.3, 0.4) is 0 Å². The highest BCUT2D eigenvalue weighted by Crippen LogP contribution is 2.29. The number of phenolic OH excluding ortho intramolecular Hbond substituents is 1. The number of halogens is 1. The molecule has 0 aliphatic heterocycles. The summed E-state index contributed by atoms with van der Waals surface area (Å²) in [4.78, 5) is 0. The molecule has 1 atom stereocenters. The van der Waals surface area contributed by atoms with Crippen LogP contribution >= 0.6 is 15.9 Å². The zero-order valence-corrected chi connectivity index (χ0v) is 11.8. The lowest BCUT2D eigenvalue weighted by Gasteiger charge is -2.14. The van der Waals surface area contributed by atoms with Crippen molar-refractivity contribution >= 4 is 15.9 Å². The zero-order chi connectivity index (χ0) is 12.1. The van der Waals surface area contributed by atoms with Gasteiger partial charge in [0.1, 0.15) is 5.75 Å². The van der Waals surface area contributed by atoms with Crippen molar-refractivity contribution in [1.82, 2.24) is 5.32 Å². The van der Waals surface area contributed by atoms with E-state index in [1.54, 1.807) is 0 Å². The number of hydrogen-bond acceptors (Lipinski definition) is 2. The van der Waals surface area contributed by atoms with Gasteiger partial charge in [-0.3, -0.25) is 0 Å². The molecule has 0 spiro atoms. The molecule has 0 fully saturated rings. The average Bonchev–Trinajstić information content (AvgIpc) is 2.21. The lowest BCUT2D eigenvalue weighted by atomic mass is 10.1. The fraction of sp³-hybridized carbons (Fsp3) is 0.538. The fourth-order valence-electron chi connectivity index (χ4n) is 1.76. The Morgan fingerprint density at radius 3 is 2.75 bits per heavy atom. The van der Waals surface area contributed by atoms with Crippen LogP contribution in [0.15, 0.2) is 16.6 Å². The summed E-state index contributed by atoms with van der Waals surface area (Å²) >= 11 is 3.36. The number of rotatable bonds is 5. The van der Waals surface area contributed by atoms with E-state index in [0.29, 0.717) is 18.3 Å². The maximum Gasteiger partial charge on any atom is 0.134 e. The minimum absolute atomic E-state index is 0.349. The Bertz CT molecular complexity index is 352. The topological polar surface area (TPSA) is 32.3 Å². The van der Waals surface area contributed by atoms with Crippen LogP contribution in [-0.4, -0.2) is 11.1 Å². The minimum atomic E-state index is 0.349. The van der Waals surface area contributed by atoms with E-state index in [0.717, 1.165) is 22.0 Å². The Balaban J connectivity index is 2.66. The van der Waals surface area contributed by atoms with Gasteiger partial charge in [-0.15, -0.1) is 0 Å². The second-order valence-electron chi connectivity index (χ2n) is 4.33. The maximum atomic E-state index is 9.88. The summed E-state index contributed by atoms with van der Waals surface area (Å²) in [6.45, 7) is 7.10. The summed E-state index contributed by atoms with van der Waals surface area (Å²) in [6, 6.07) is 4.43. The third-order valence-corrected chi connectivity index (χ3v) is 3.25. The molecule has 0 saturated heterocycles. The fourth-order valence-corrected chi connectivity index (χ4v) is 2.38. The van der Waals surface area contributed by atoms with Gasteiger partial charge in [-0.05, 0) is 47.8 Å². The molecular weight excluding hydrogens is 266 g/mol. The predicted octanol–water partition coefficient (Wildman–Crippen LogP) is 3.74. The molecule has 0 amide bonds. The van der Waals surface area contributed by atoms with Gasteiger partial charge in [-0.25, -0.2) is 0 Å². The summed E-state index contributed by atoms with van der Waals surface area (Å²) in [5, 5.41) is 13.3. The molecular formula is C13H20BrNO. The number of aromatic hydroxyl groups is 1. The van der Waals surface area contributed by atoms with E-state index in [-0.39, 0.29) is 0 Å². The van der Waals surface area contributed by atoms with E-state index in [2.05, 4.69) is 35.1 Å². The Morgan fingerprint density at radius 2 is 2.12 bits per heavy atom. The molecule has 16 heavy (non-hydrogen) atoms. The number of aryl methyl sites for hydroxylation is 1. The zero-order valence-electron chi connectivity index (χ0n) is 10.2. The van der Waals surface area contributed by atoms with E-state index in [1.165, 1.54) is 6.42 Å². The molecule has 2 nitrogen and oxygen atoms in total. The van der Waals surface area contributed by atoms with Crippen molar-refractivity contribution in [3.63, 3.8) is 0 Å². The van der Waals surface area contributed by atoms with Crippen LogP contribution in [0.4, 0.5) is 0 Å². The first-order valence-electron chi connectivity index (χ1n) is 5.76. The third-order valence-electron chi connectivity index (χ3n) is 2.65. The molecule has 1 unspecified atom stereocenters. The van der Waals surface area contributed by atoms with Crippen molar-refractivity contribution in [2.45, 2.75) is 46.2 Å². The van der Waals surface area contributed by atoms with E-state index < -0.39 is 0 Å². The standard InChI is InChI=1S/C13H20BrNO/c1-4-5-10(3)15-8-11-6-9(2)7-12(14)13(11)16/h6-7,10,15-16H,4-5,8H2,1-3H3. The first-order valence-corrected chi connectivity index (χ1v) is 6.55. The average molecular weight is 286 g/mol. The normalized spacial score (nSPS) is 12.8. The van der Waals surface area contributed by atoms with E-state index in [9.17, 15) is 5.11 Å². The molecule has 1 rings (SSSR count). The van der Waals surface area contributed by atoms with Crippen LogP contribution in [0.25, 0.3) is 0 Å². The highest BCUT2D eigenvalue weighted by atomic mass is 79.9. The van der Waals surface area contributed by atoms with Crippen molar-refractivity contribution in [1.29, 1.82) is 0 Å². The van der Waals surface area contributed by atoms with Crippen molar-refractivity contribution in [3.8, 4) is 5.75 Å². The second-order valence-corrected chi connectivity index (χ2v) is 5.18. The Kier molecular flexibility index (Phi) is 5.29. The molecule has 1 aromatic rings. The van der Waals surface area contributed by atoms with Gasteiger partial charge < -0.3 is 10.4 Å². The maximum absolute atomic E-state index is 9.88. The van der Waals surface area contributed by atoms with E-state index >= 15 is 0 Å². The van der Waals surface area contributed by atoms with Crippen molar-refractivity contribution in [2.24, 2.45) is 0 Å². The van der Waals surface area contributed by atoms with Gasteiger partial charge in [-0.2, -0.15) is 0 Å². The summed E-state index contributed by atoms with van der Waals surface area (Å²) in [5.41, 5.74) is 2.11. The number of benzene rings is 1. The first kappa shape index (κ1) is 13.5. The first-order chi connectivity index (χ1) is 7.54.